The number of ether oxygens (including phenoxy) is 1. The van der Waals surface area contributed by atoms with Crippen LogP contribution in [0.2, 0.25) is 0 Å². The summed E-state index contributed by atoms with van der Waals surface area (Å²) >= 11 is 0. The summed E-state index contributed by atoms with van der Waals surface area (Å²) in [7, 11) is 0. The van der Waals surface area contributed by atoms with Gasteiger partial charge in [-0.25, -0.2) is 4.79 Å². The standard InChI is InChI=1S/C26H28N6O2/c27-17-19-6-7-20-4-3-5-23(22(20)16-19)32-13-11-31(12-14-32)10-1-2-15-34-24-9-8-21-18-28-26(33)30-25(21)29-24/h3-9,16H,1-2,10-15,18H2,(H2,28,29,30,33). The van der Waals surface area contributed by atoms with Gasteiger partial charge in [0.25, 0.3) is 0 Å². The quantitative estimate of drug-likeness (QED) is 0.527. The largest absolute Gasteiger partial charge is 0.478 e. The molecule has 3 aromatic rings. The van der Waals surface area contributed by atoms with Gasteiger partial charge in [0.15, 0.2) is 0 Å². The molecule has 0 spiro atoms. The van der Waals surface area contributed by atoms with Gasteiger partial charge in [0.05, 0.1) is 18.2 Å². The minimum absolute atomic E-state index is 0.232. The Morgan fingerprint density at radius 3 is 2.79 bits per heavy atom. The maximum atomic E-state index is 11.4. The van der Waals surface area contributed by atoms with Crippen LogP contribution in [0.25, 0.3) is 10.8 Å². The molecule has 1 aromatic heterocycles. The predicted octanol–water partition coefficient (Wildman–Crippen LogP) is 3.72. The second-order valence-electron chi connectivity index (χ2n) is 8.67. The van der Waals surface area contributed by atoms with Gasteiger partial charge in [0, 0.05) is 55.4 Å². The van der Waals surface area contributed by atoms with E-state index in [1.165, 1.54) is 11.1 Å². The molecule has 2 aliphatic heterocycles. The smallest absolute Gasteiger partial charge is 0.320 e. The average molecular weight is 457 g/mol. The molecule has 0 atom stereocenters. The Morgan fingerprint density at radius 1 is 1.06 bits per heavy atom. The van der Waals surface area contributed by atoms with Gasteiger partial charge in [0.1, 0.15) is 5.82 Å². The molecule has 34 heavy (non-hydrogen) atoms. The number of nitrogens with one attached hydrogen (secondary N) is 2. The van der Waals surface area contributed by atoms with Crippen LogP contribution in [0.3, 0.4) is 0 Å². The van der Waals surface area contributed by atoms with Crippen LogP contribution in [-0.4, -0.2) is 55.2 Å². The Balaban J connectivity index is 1.07. The fourth-order valence-corrected chi connectivity index (χ4v) is 4.56. The van der Waals surface area contributed by atoms with E-state index in [0.29, 0.717) is 30.4 Å². The molecule has 0 radical (unpaired) electrons. The molecule has 2 amide bonds. The second kappa shape index (κ2) is 9.98. The number of carbonyl (C=O) groups is 1. The number of pyridine rings is 1. The molecule has 1 fully saturated rings. The third kappa shape index (κ3) is 4.90. The first-order valence-electron chi connectivity index (χ1n) is 11.8. The van der Waals surface area contributed by atoms with Crippen molar-refractivity contribution in [1.82, 2.24) is 15.2 Å². The Kier molecular flexibility index (Phi) is 6.45. The highest BCUT2D eigenvalue weighted by atomic mass is 16.5. The number of piperazine rings is 1. The number of anilines is 2. The number of aromatic nitrogens is 1. The van der Waals surface area contributed by atoms with Crippen molar-refractivity contribution >= 4 is 28.3 Å². The van der Waals surface area contributed by atoms with Crippen molar-refractivity contribution in [3.05, 3.63) is 59.7 Å². The van der Waals surface area contributed by atoms with Crippen molar-refractivity contribution in [2.45, 2.75) is 19.4 Å². The minimum atomic E-state index is -0.232. The summed E-state index contributed by atoms with van der Waals surface area (Å²) in [6.45, 7) is 6.14. The van der Waals surface area contributed by atoms with E-state index in [-0.39, 0.29) is 6.03 Å². The summed E-state index contributed by atoms with van der Waals surface area (Å²) < 4.78 is 5.80. The van der Waals surface area contributed by atoms with E-state index in [4.69, 9.17) is 4.74 Å². The zero-order valence-electron chi connectivity index (χ0n) is 19.1. The molecule has 0 aliphatic carbocycles. The lowest BCUT2D eigenvalue weighted by Crippen LogP contribution is -2.46. The number of carbonyl (C=O) groups excluding carboxylic acids is 1. The molecule has 8 heteroatoms. The normalized spacial score (nSPS) is 15.9. The Bertz CT molecular complexity index is 1230. The lowest BCUT2D eigenvalue weighted by molar-refractivity contribution is 0.236. The zero-order chi connectivity index (χ0) is 23.3. The van der Waals surface area contributed by atoms with E-state index < -0.39 is 0 Å². The maximum Gasteiger partial charge on any atom is 0.320 e. The van der Waals surface area contributed by atoms with E-state index in [9.17, 15) is 10.1 Å². The van der Waals surface area contributed by atoms with Crippen LogP contribution in [0.5, 0.6) is 5.88 Å². The van der Waals surface area contributed by atoms with E-state index >= 15 is 0 Å². The fourth-order valence-electron chi connectivity index (χ4n) is 4.56. The molecule has 2 aromatic carbocycles. The van der Waals surface area contributed by atoms with Crippen LogP contribution >= 0.6 is 0 Å². The molecule has 0 unspecified atom stereocenters. The van der Waals surface area contributed by atoms with Gasteiger partial charge < -0.3 is 15.0 Å². The van der Waals surface area contributed by atoms with Crippen molar-refractivity contribution in [2.24, 2.45) is 0 Å². The first-order valence-corrected chi connectivity index (χ1v) is 11.8. The molecule has 5 rings (SSSR count). The van der Waals surface area contributed by atoms with Crippen LogP contribution in [0.1, 0.15) is 24.0 Å². The van der Waals surface area contributed by atoms with Gasteiger partial charge in [-0.1, -0.05) is 18.2 Å². The highest BCUT2D eigenvalue weighted by molar-refractivity contribution is 5.95. The number of hydrogen-bond acceptors (Lipinski definition) is 6. The van der Waals surface area contributed by atoms with Gasteiger partial charge in [-0.3, -0.25) is 10.2 Å². The third-order valence-electron chi connectivity index (χ3n) is 6.44. The van der Waals surface area contributed by atoms with Crippen LogP contribution in [0.4, 0.5) is 16.3 Å². The summed E-state index contributed by atoms with van der Waals surface area (Å²) in [5, 5.41) is 17.0. The van der Waals surface area contributed by atoms with Gasteiger partial charge in [-0.2, -0.15) is 10.2 Å². The van der Waals surface area contributed by atoms with Crippen LogP contribution < -0.4 is 20.3 Å². The lowest BCUT2D eigenvalue weighted by atomic mass is 10.0. The number of fused-ring (bicyclic) bond motifs is 2. The molecule has 3 heterocycles. The Labute approximate surface area is 199 Å². The summed E-state index contributed by atoms with van der Waals surface area (Å²) in [5.41, 5.74) is 2.88. The summed E-state index contributed by atoms with van der Waals surface area (Å²) in [4.78, 5) is 20.8. The van der Waals surface area contributed by atoms with Gasteiger partial charge in [0.2, 0.25) is 5.88 Å². The summed E-state index contributed by atoms with van der Waals surface area (Å²) in [6.07, 6.45) is 2.01. The monoisotopic (exact) mass is 456 g/mol. The molecular formula is C26H28N6O2. The number of unbranched alkanes of at least 4 members (excludes halogenated alkanes) is 1. The van der Waals surface area contributed by atoms with E-state index in [2.05, 4.69) is 49.7 Å². The summed E-state index contributed by atoms with van der Waals surface area (Å²) in [5.74, 6) is 1.12. The highest BCUT2D eigenvalue weighted by Gasteiger charge is 2.19. The number of amides is 2. The van der Waals surface area contributed by atoms with Crippen molar-refractivity contribution in [3.8, 4) is 11.9 Å². The van der Waals surface area contributed by atoms with Crippen LogP contribution in [0, 0.1) is 11.3 Å². The van der Waals surface area contributed by atoms with Gasteiger partial charge in [-0.15, -0.1) is 0 Å². The molecule has 1 saturated heterocycles. The van der Waals surface area contributed by atoms with Crippen LogP contribution in [-0.2, 0) is 6.54 Å². The van der Waals surface area contributed by atoms with Gasteiger partial charge in [-0.05, 0) is 49.0 Å². The molecule has 0 saturated carbocycles. The second-order valence-corrected chi connectivity index (χ2v) is 8.67. The van der Waals surface area contributed by atoms with Crippen molar-refractivity contribution in [2.75, 3.05) is 49.5 Å². The number of rotatable bonds is 7. The molecule has 0 bridgehead atoms. The van der Waals surface area contributed by atoms with Gasteiger partial charge >= 0.3 is 6.03 Å². The number of urea groups is 1. The number of nitrogens with zero attached hydrogens (tertiary/aromatic N) is 4. The van der Waals surface area contributed by atoms with Crippen molar-refractivity contribution in [3.63, 3.8) is 0 Å². The third-order valence-corrected chi connectivity index (χ3v) is 6.44. The highest BCUT2D eigenvalue weighted by Crippen LogP contribution is 2.28. The van der Waals surface area contributed by atoms with Crippen molar-refractivity contribution < 1.29 is 9.53 Å². The summed E-state index contributed by atoms with van der Waals surface area (Å²) in [6, 6.07) is 18.1. The van der Waals surface area contributed by atoms with E-state index in [0.717, 1.165) is 56.5 Å². The van der Waals surface area contributed by atoms with Crippen LogP contribution in [0.15, 0.2) is 48.5 Å². The Hall–Kier alpha value is -3.83. The number of nitriles is 1. The first kappa shape index (κ1) is 22.0. The topological polar surface area (TPSA) is 93.5 Å². The minimum Gasteiger partial charge on any atom is -0.478 e. The maximum absolute atomic E-state index is 11.4. The SMILES string of the molecule is N#Cc1ccc2cccc(N3CCN(CCCCOc4ccc5c(n4)NC(=O)NC5)CC3)c2c1. The first-order chi connectivity index (χ1) is 16.7. The van der Waals surface area contributed by atoms with E-state index in [1.807, 2.05) is 30.3 Å². The molecule has 2 aliphatic rings. The fraction of sp³-hybridized carbons (Fsp3) is 0.346. The molecule has 8 nitrogen and oxygen atoms in total. The molecular weight excluding hydrogens is 428 g/mol. The molecule has 174 valence electrons. The van der Waals surface area contributed by atoms with E-state index in [1.54, 1.807) is 0 Å². The predicted molar refractivity (Wildman–Crippen MR) is 132 cm³/mol. The van der Waals surface area contributed by atoms with Crippen molar-refractivity contribution in [1.29, 1.82) is 5.26 Å². The Morgan fingerprint density at radius 2 is 1.94 bits per heavy atom. The zero-order valence-corrected chi connectivity index (χ0v) is 19.1. The average Bonchev–Trinajstić information content (AvgIpc) is 2.88. The lowest BCUT2D eigenvalue weighted by Gasteiger charge is -2.36. The number of benzene rings is 2. The molecule has 2 N–H and O–H groups in total. The number of hydrogen-bond donors (Lipinski definition) is 2.